The number of nitrogens with one attached hydrogen (secondary N) is 1. The number of alkyl carbamates (subject to hydrolysis) is 1. The molecular weight excluding hydrogens is 190 g/mol. The van der Waals surface area contributed by atoms with E-state index in [1.165, 1.54) is 6.92 Å². The molecule has 0 aromatic carbocycles. The molecule has 0 aliphatic carbocycles. The Hall–Kier alpha value is -1.30. The van der Waals surface area contributed by atoms with Crippen LogP contribution in [0.4, 0.5) is 4.79 Å². The Balaban J connectivity index is 3.60. The SMILES string of the molecule is CC(C)OCOC(=O)NC(C)C(=O)O. The van der Waals surface area contributed by atoms with Crippen LogP contribution < -0.4 is 5.32 Å². The van der Waals surface area contributed by atoms with Gasteiger partial charge in [-0.3, -0.25) is 4.79 Å². The van der Waals surface area contributed by atoms with E-state index in [4.69, 9.17) is 9.84 Å². The van der Waals surface area contributed by atoms with Gasteiger partial charge in [0.1, 0.15) is 6.04 Å². The van der Waals surface area contributed by atoms with Gasteiger partial charge in [-0.05, 0) is 20.8 Å². The van der Waals surface area contributed by atoms with Crippen molar-refractivity contribution in [2.45, 2.75) is 32.9 Å². The molecule has 14 heavy (non-hydrogen) atoms. The molecule has 0 aliphatic rings. The molecular formula is C8H15NO5. The highest BCUT2D eigenvalue weighted by atomic mass is 16.7. The molecule has 0 aliphatic heterocycles. The number of hydrogen-bond donors (Lipinski definition) is 2. The lowest BCUT2D eigenvalue weighted by atomic mass is 10.4. The number of carboxylic acid groups (broad SMARTS) is 1. The Morgan fingerprint density at radius 2 is 1.93 bits per heavy atom. The lowest BCUT2D eigenvalue weighted by molar-refractivity contribution is -0.139. The summed E-state index contributed by atoms with van der Waals surface area (Å²) >= 11 is 0. The van der Waals surface area contributed by atoms with E-state index in [0.717, 1.165) is 0 Å². The Labute approximate surface area is 82.2 Å². The zero-order valence-electron chi connectivity index (χ0n) is 8.44. The van der Waals surface area contributed by atoms with Crippen molar-refractivity contribution in [3.05, 3.63) is 0 Å². The van der Waals surface area contributed by atoms with Gasteiger partial charge >= 0.3 is 12.1 Å². The standard InChI is InChI=1S/C8H15NO5/c1-5(2)13-4-14-8(12)9-6(3)7(10)11/h5-6H,4H2,1-3H3,(H,9,12)(H,10,11). The Morgan fingerprint density at radius 1 is 1.36 bits per heavy atom. The second-order valence-electron chi connectivity index (χ2n) is 2.97. The molecule has 0 aromatic rings. The van der Waals surface area contributed by atoms with E-state index >= 15 is 0 Å². The maximum atomic E-state index is 10.9. The number of hydrogen-bond acceptors (Lipinski definition) is 4. The van der Waals surface area contributed by atoms with Crippen LogP contribution in [0, 0.1) is 0 Å². The normalized spacial score (nSPS) is 12.3. The van der Waals surface area contributed by atoms with Gasteiger partial charge in [-0.2, -0.15) is 0 Å². The predicted octanol–water partition coefficient (Wildman–Crippen LogP) is 0.568. The number of amides is 1. The van der Waals surface area contributed by atoms with Gasteiger partial charge in [-0.25, -0.2) is 4.79 Å². The van der Waals surface area contributed by atoms with E-state index in [1.54, 1.807) is 13.8 Å². The molecule has 0 rings (SSSR count). The maximum Gasteiger partial charge on any atom is 0.409 e. The van der Waals surface area contributed by atoms with E-state index in [-0.39, 0.29) is 12.9 Å². The van der Waals surface area contributed by atoms with Crippen LogP contribution in [-0.4, -0.2) is 36.1 Å². The molecule has 82 valence electrons. The minimum Gasteiger partial charge on any atom is -0.480 e. The van der Waals surface area contributed by atoms with E-state index in [9.17, 15) is 9.59 Å². The zero-order chi connectivity index (χ0) is 11.1. The molecule has 6 heteroatoms. The fourth-order valence-electron chi connectivity index (χ4n) is 0.504. The van der Waals surface area contributed by atoms with E-state index < -0.39 is 18.1 Å². The zero-order valence-corrected chi connectivity index (χ0v) is 8.44. The van der Waals surface area contributed by atoms with Crippen LogP contribution in [0.25, 0.3) is 0 Å². The van der Waals surface area contributed by atoms with E-state index in [2.05, 4.69) is 10.1 Å². The summed E-state index contributed by atoms with van der Waals surface area (Å²) in [6.07, 6.45) is -0.847. The first kappa shape index (κ1) is 12.7. The van der Waals surface area contributed by atoms with Gasteiger partial charge in [-0.15, -0.1) is 0 Å². The van der Waals surface area contributed by atoms with Crippen molar-refractivity contribution in [1.82, 2.24) is 5.32 Å². The molecule has 0 fully saturated rings. The quantitative estimate of drug-likeness (QED) is 0.641. The van der Waals surface area contributed by atoms with Crippen LogP contribution in [0.2, 0.25) is 0 Å². The molecule has 0 spiro atoms. The topological polar surface area (TPSA) is 84.9 Å². The molecule has 0 heterocycles. The van der Waals surface area contributed by atoms with Crippen molar-refractivity contribution < 1.29 is 24.2 Å². The van der Waals surface area contributed by atoms with Crippen molar-refractivity contribution in [1.29, 1.82) is 0 Å². The van der Waals surface area contributed by atoms with Crippen LogP contribution in [0.5, 0.6) is 0 Å². The molecule has 1 unspecified atom stereocenters. The fraction of sp³-hybridized carbons (Fsp3) is 0.750. The molecule has 0 saturated heterocycles. The summed E-state index contributed by atoms with van der Waals surface area (Å²) < 4.78 is 9.46. The minimum atomic E-state index is -1.12. The van der Waals surface area contributed by atoms with Gasteiger partial charge in [0.05, 0.1) is 6.10 Å². The number of ether oxygens (including phenoxy) is 2. The number of carboxylic acids is 1. The van der Waals surface area contributed by atoms with Crippen LogP contribution in [0.15, 0.2) is 0 Å². The van der Waals surface area contributed by atoms with E-state index in [1.807, 2.05) is 0 Å². The molecule has 1 amide bonds. The molecule has 2 N–H and O–H groups in total. The van der Waals surface area contributed by atoms with Crippen molar-refractivity contribution in [2.75, 3.05) is 6.79 Å². The predicted molar refractivity (Wildman–Crippen MR) is 47.8 cm³/mol. The first-order valence-electron chi connectivity index (χ1n) is 4.21. The highest BCUT2D eigenvalue weighted by molar-refractivity contribution is 5.79. The fourth-order valence-corrected chi connectivity index (χ4v) is 0.504. The van der Waals surface area contributed by atoms with Gasteiger partial charge in [0.2, 0.25) is 0 Å². The summed E-state index contributed by atoms with van der Waals surface area (Å²) in [6, 6.07) is -0.971. The highest BCUT2D eigenvalue weighted by Gasteiger charge is 2.14. The molecule has 0 bridgehead atoms. The summed E-state index contributed by atoms with van der Waals surface area (Å²) in [5.41, 5.74) is 0. The van der Waals surface area contributed by atoms with Gasteiger partial charge in [0.25, 0.3) is 0 Å². The maximum absolute atomic E-state index is 10.9. The summed E-state index contributed by atoms with van der Waals surface area (Å²) in [5, 5.41) is 10.6. The molecule has 0 saturated carbocycles. The number of rotatable bonds is 5. The molecule has 1 atom stereocenters. The van der Waals surface area contributed by atoms with Crippen molar-refractivity contribution >= 4 is 12.1 Å². The summed E-state index contributed by atoms with van der Waals surface area (Å²) in [5.74, 6) is -1.12. The summed E-state index contributed by atoms with van der Waals surface area (Å²) in [7, 11) is 0. The van der Waals surface area contributed by atoms with Crippen molar-refractivity contribution in [2.24, 2.45) is 0 Å². The second kappa shape index (κ2) is 6.20. The average Bonchev–Trinajstić information content (AvgIpc) is 2.02. The Morgan fingerprint density at radius 3 is 2.36 bits per heavy atom. The van der Waals surface area contributed by atoms with Crippen LogP contribution in [-0.2, 0) is 14.3 Å². The lowest BCUT2D eigenvalue weighted by Gasteiger charge is -2.11. The number of aliphatic carboxylic acids is 1. The molecule has 6 nitrogen and oxygen atoms in total. The van der Waals surface area contributed by atoms with Crippen molar-refractivity contribution in [3.8, 4) is 0 Å². The highest BCUT2D eigenvalue weighted by Crippen LogP contribution is 1.89. The first-order valence-corrected chi connectivity index (χ1v) is 4.21. The Bertz CT molecular complexity index is 204. The third kappa shape index (κ3) is 6.24. The third-order valence-corrected chi connectivity index (χ3v) is 1.30. The van der Waals surface area contributed by atoms with Crippen LogP contribution in [0.3, 0.4) is 0 Å². The van der Waals surface area contributed by atoms with Gasteiger partial charge < -0.3 is 19.9 Å². The minimum absolute atomic E-state index is 0.0419. The molecule has 0 aromatic heterocycles. The van der Waals surface area contributed by atoms with Gasteiger partial charge in [0, 0.05) is 0 Å². The monoisotopic (exact) mass is 205 g/mol. The largest absolute Gasteiger partial charge is 0.480 e. The van der Waals surface area contributed by atoms with E-state index in [0.29, 0.717) is 0 Å². The number of carbonyl (C=O) groups is 2. The van der Waals surface area contributed by atoms with Gasteiger partial charge in [0.15, 0.2) is 6.79 Å². The second-order valence-corrected chi connectivity index (χ2v) is 2.97. The first-order chi connectivity index (χ1) is 6.43. The Kier molecular flexibility index (Phi) is 5.62. The van der Waals surface area contributed by atoms with Crippen LogP contribution in [0.1, 0.15) is 20.8 Å². The smallest absolute Gasteiger partial charge is 0.409 e. The lowest BCUT2D eigenvalue weighted by Crippen LogP contribution is -2.39. The third-order valence-electron chi connectivity index (χ3n) is 1.30. The van der Waals surface area contributed by atoms with Gasteiger partial charge in [-0.1, -0.05) is 0 Å². The number of carbonyl (C=O) groups excluding carboxylic acids is 1. The summed E-state index contributed by atoms with van der Waals surface area (Å²) in [6.45, 7) is 4.74. The molecule has 0 radical (unpaired) electrons. The van der Waals surface area contributed by atoms with Crippen molar-refractivity contribution in [3.63, 3.8) is 0 Å². The summed E-state index contributed by atoms with van der Waals surface area (Å²) in [4.78, 5) is 21.2. The van der Waals surface area contributed by atoms with Crippen LogP contribution >= 0.6 is 0 Å². The average molecular weight is 205 g/mol.